The van der Waals surface area contributed by atoms with E-state index in [0.717, 1.165) is 6.07 Å². The Hall–Kier alpha value is -2.34. The maximum absolute atomic E-state index is 11.2. The van der Waals surface area contributed by atoms with Crippen LogP contribution in [-0.4, -0.2) is 20.8 Å². The van der Waals surface area contributed by atoms with Gasteiger partial charge in [0.15, 0.2) is 11.5 Å². The molecule has 0 bridgehead atoms. The molecule has 2 aromatic carbocycles. The lowest BCUT2D eigenvalue weighted by atomic mass is 10.0. The van der Waals surface area contributed by atoms with Crippen LogP contribution in [0.1, 0.15) is 6.92 Å². The van der Waals surface area contributed by atoms with E-state index in [2.05, 4.69) is 9.84 Å². The summed E-state index contributed by atoms with van der Waals surface area (Å²) >= 11 is 0. The molecule has 8 heteroatoms. The molecule has 22 heavy (non-hydrogen) atoms. The summed E-state index contributed by atoms with van der Waals surface area (Å²) in [5.41, 5.74) is 1.12. The third-order valence-electron chi connectivity index (χ3n) is 2.70. The average Bonchev–Trinajstić information content (AvgIpc) is 2.41. The number of hydrogen-bond acceptors (Lipinski definition) is 4. The Balaban J connectivity index is 2.59. The molecule has 0 saturated heterocycles. The second kappa shape index (κ2) is 6.19. The van der Waals surface area contributed by atoms with Crippen molar-refractivity contribution < 1.29 is 28.8 Å². The van der Waals surface area contributed by atoms with Crippen LogP contribution >= 0.6 is 7.82 Å². The first-order chi connectivity index (χ1) is 10.3. The van der Waals surface area contributed by atoms with Crippen LogP contribution < -0.4 is 9.84 Å². The van der Waals surface area contributed by atoms with Crippen molar-refractivity contribution in [1.29, 1.82) is 0 Å². The van der Waals surface area contributed by atoms with E-state index in [4.69, 9.17) is 9.79 Å². The number of rotatable bonds is 4. The quantitative estimate of drug-likeness (QED) is 0.507. The average molecular weight is 323 g/mol. The van der Waals surface area contributed by atoms with E-state index >= 15 is 0 Å². The molecule has 0 aromatic heterocycles. The molecular formula is C14H14NO6P. The number of phenolic OH excluding ortho intramolecular Hbond substituents is 1. The number of phosphoric ester groups is 1. The van der Waals surface area contributed by atoms with Crippen molar-refractivity contribution in [3.05, 3.63) is 42.5 Å². The zero-order valence-corrected chi connectivity index (χ0v) is 12.4. The van der Waals surface area contributed by atoms with Crippen molar-refractivity contribution in [2.45, 2.75) is 6.92 Å². The molecule has 0 heterocycles. The van der Waals surface area contributed by atoms with Gasteiger partial charge in [0.2, 0.25) is 5.91 Å². The third-order valence-corrected chi connectivity index (χ3v) is 3.13. The molecule has 0 spiro atoms. The van der Waals surface area contributed by atoms with Gasteiger partial charge in [-0.15, -0.1) is 0 Å². The minimum absolute atomic E-state index is 0.243. The lowest BCUT2D eigenvalue weighted by Crippen LogP contribution is -2.06. The first-order valence-corrected chi connectivity index (χ1v) is 7.74. The summed E-state index contributed by atoms with van der Waals surface area (Å²) in [5.74, 6) is -1.21. The number of amides is 1. The monoisotopic (exact) mass is 323 g/mol. The number of benzene rings is 2. The van der Waals surface area contributed by atoms with Crippen LogP contribution in [-0.2, 0) is 9.36 Å². The SMILES string of the molecule is CC(=O)Nc1cc(OP(=O)(O)O)c(O)c(-c2ccccc2)c1. The van der Waals surface area contributed by atoms with Gasteiger partial charge in [-0.05, 0) is 11.6 Å². The summed E-state index contributed by atoms with van der Waals surface area (Å²) in [6.07, 6.45) is 0. The molecule has 0 saturated carbocycles. The molecule has 0 radical (unpaired) electrons. The van der Waals surface area contributed by atoms with Gasteiger partial charge in [-0.3, -0.25) is 14.6 Å². The van der Waals surface area contributed by atoms with E-state index in [1.54, 1.807) is 30.3 Å². The second-order valence-corrected chi connectivity index (χ2v) is 5.66. The van der Waals surface area contributed by atoms with Gasteiger partial charge in [0.25, 0.3) is 0 Å². The van der Waals surface area contributed by atoms with Crippen molar-refractivity contribution in [1.82, 2.24) is 0 Å². The van der Waals surface area contributed by atoms with E-state index in [-0.39, 0.29) is 17.2 Å². The van der Waals surface area contributed by atoms with Crippen molar-refractivity contribution in [3.8, 4) is 22.6 Å². The fourth-order valence-corrected chi connectivity index (χ4v) is 2.31. The summed E-state index contributed by atoms with van der Waals surface area (Å²) in [7, 11) is -4.85. The topological polar surface area (TPSA) is 116 Å². The van der Waals surface area contributed by atoms with Crippen molar-refractivity contribution in [2.75, 3.05) is 5.32 Å². The third kappa shape index (κ3) is 4.08. The first-order valence-electron chi connectivity index (χ1n) is 6.21. The molecule has 1 amide bonds. The fraction of sp³-hybridized carbons (Fsp3) is 0.0714. The van der Waals surface area contributed by atoms with Gasteiger partial charge in [0.05, 0.1) is 0 Å². The van der Waals surface area contributed by atoms with Crippen LogP contribution in [0, 0.1) is 0 Å². The molecule has 116 valence electrons. The Morgan fingerprint density at radius 2 is 1.82 bits per heavy atom. The molecule has 0 aliphatic rings. The molecular weight excluding hydrogens is 309 g/mol. The van der Waals surface area contributed by atoms with E-state index < -0.39 is 19.3 Å². The Bertz CT molecular complexity index is 740. The summed E-state index contributed by atoms with van der Waals surface area (Å²) < 4.78 is 15.5. The summed E-state index contributed by atoms with van der Waals surface area (Å²) in [6.45, 7) is 1.29. The number of anilines is 1. The second-order valence-electron chi connectivity index (χ2n) is 4.50. The molecule has 2 rings (SSSR count). The van der Waals surface area contributed by atoms with Gasteiger partial charge in [-0.1, -0.05) is 30.3 Å². The number of phenols is 1. The summed E-state index contributed by atoms with van der Waals surface area (Å²) in [6, 6.07) is 11.3. The van der Waals surface area contributed by atoms with E-state index in [1.165, 1.54) is 13.0 Å². The van der Waals surface area contributed by atoms with Crippen LogP contribution in [0.2, 0.25) is 0 Å². The number of carbonyl (C=O) groups is 1. The Morgan fingerprint density at radius 3 is 2.36 bits per heavy atom. The van der Waals surface area contributed by atoms with Gasteiger partial charge in [0, 0.05) is 24.2 Å². The Kier molecular flexibility index (Phi) is 4.51. The highest BCUT2D eigenvalue weighted by molar-refractivity contribution is 7.46. The number of aromatic hydroxyl groups is 1. The minimum Gasteiger partial charge on any atom is -0.504 e. The molecule has 4 N–H and O–H groups in total. The number of hydrogen-bond donors (Lipinski definition) is 4. The highest BCUT2D eigenvalue weighted by Crippen LogP contribution is 2.46. The Morgan fingerprint density at radius 1 is 1.18 bits per heavy atom. The van der Waals surface area contributed by atoms with Gasteiger partial charge in [-0.2, -0.15) is 0 Å². The van der Waals surface area contributed by atoms with Gasteiger partial charge in [0.1, 0.15) is 0 Å². The highest BCUT2D eigenvalue weighted by Gasteiger charge is 2.21. The zero-order chi connectivity index (χ0) is 16.3. The van der Waals surface area contributed by atoms with Crippen molar-refractivity contribution in [3.63, 3.8) is 0 Å². The maximum Gasteiger partial charge on any atom is 0.524 e. The van der Waals surface area contributed by atoms with Crippen molar-refractivity contribution in [2.24, 2.45) is 0 Å². The first kappa shape index (κ1) is 16.0. The lowest BCUT2D eigenvalue weighted by molar-refractivity contribution is -0.114. The molecule has 2 aromatic rings. The van der Waals surface area contributed by atoms with Gasteiger partial charge >= 0.3 is 7.82 Å². The predicted molar refractivity (Wildman–Crippen MR) is 80.5 cm³/mol. The number of nitrogens with one attached hydrogen (secondary N) is 1. The standard InChI is InChI=1S/C14H14NO6P/c1-9(16)15-11-7-12(10-5-3-2-4-6-10)14(17)13(8-11)21-22(18,19)20/h2-8,17H,1H3,(H,15,16)(H2,18,19,20). The van der Waals surface area contributed by atoms with E-state index in [0.29, 0.717) is 5.56 Å². The molecule has 0 unspecified atom stereocenters. The largest absolute Gasteiger partial charge is 0.524 e. The minimum atomic E-state index is -4.85. The maximum atomic E-state index is 11.2. The fourth-order valence-electron chi connectivity index (χ4n) is 1.92. The van der Waals surface area contributed by atoms with Crippen LogP contribution in [0.25, 0.3) is 11.1 Å². The van der Waals surface area contributed by atoms with E-state index in [9.17, 15) is 14.5 Å². The summed E-state index contributed by atoms with van der Waals surface area (Å²) in [5, 5.41) is 12.7. The molecule has 0 aliphatic carbocycles. The highest BCUT2D eigenvalue weighted by atomic mass is 31.2. The summed E-state index contributed by atoms with van der Waals surface area (Å²) in [4.78, 5) is 29.0. The molecule has 0 aliphatic heterocycles. The van der Waals surface area contributed by atoms with Gasteiger partial charge in [-0.25, -0.2) is 4.57 Å². The van der Waals surface area contributed by atoms with E-state index in [1.807, 2.05) is 0 Å². The normalized spacial score (nSPS) is 11.0. The van der Waals surface area contributed by atoms with Crippen LogP contribution in [0.3, 0.4) is 0 Å². The molecule has 0 atom stereocenters. The lowest BCUT2D eigenvalue weighted by Gasteiger charge is -2.14. The Labute approximate surface area is 126 Å². The zero-order valence-electron chi connectivity index (χ0n) is 11.6. The molecule has 7 nitrogen and oxygen atoms in total. The van der Waals surface area contributed by atoms with Crippen LogP contribution in [0.15, 0.2) is 42.5 Å². The smallest absolute Gasteiger partial charge is 0.504 e. The number of carbonyl (C=O) groups excluding carboxylic acids is 1. The van der Waals surface area contributed by atoms with Crippen LogP contribution in [0.4, 0.5) is 5.69 Å². The van der Waals surface area contributed by atoms with Gasteiger partial charge < -0.3 is 14.9 Å². The van der Waals surface area contributed by atoms with Crippen molar-refractivity contribution >= 4 is 19.4 Å². The molecule has 0 fully saturated rings. The number of phosphoric acid groups is 1. The predicted octanol–water partition coefficient (Wildman–Crippen LogP) is 2.49. The van der Waals surface area contributed by atoms with Crippen LogP contribution in [0.5, 0.6) is 11.5 Å².